The third kappa shape index (κ3) is 4.45. The normalized spacial score (nSPS) is 19.5. The van der Waals surface area contributed by atoms with Gasteiger partial charge < -0.3 is 14.6 Å². The van der Waals surface area contributed by atoms with E-state index in [1.807, 2.05) is 6.92 Å². The van der Waals surface area contributed by atoms with Crippen molar-refractivity contribution in [2.24, 2.45) is 5.92 Å². The van der Waals surface area contributed by atoms with Crippen molar-refractivity contribution in [3.63, 3.8) is 0 Å². The van der Waals surface area contributed by atoms with Crippen LogP contribution in [0.3, 0.4) is 0 Å². The van der Waals surface area contributed by atoms with Crippen LogP contribution in [0.25, 0.3) is 0 Å². The molecule has 0 bridgehead atoms. The van der Waals surface area contributed by atoms with Crippen LogP contribution in [0.1, 0.15) is 61.6 Å². The number of phenolic OH excluding ortho intramolecular Hbond substituents is 1. The monoisotopic (exact) mass is 473 g/mol. The molecule has 0 aromatic heterocycles. The van der Waals surface area contributed by atoms with E-state index in [1.54, 1.807) is 26.4 Å². The topological polar surface area (TPSA) is 76.1 Å². The van der Waals surface area contributed by atoms with Crippen LogP contribution in [-0.4, -0.2) is 45.1 Å². The summed E-state index contributed by atoms with van der Waals surface area (Å²) in [6.07, 6.45) is 7.33. The molecule has 33 heavy (non-hydrogen) atoms. The minimum Gasteiger partial charge on any atom is -0.507 e. The highest BCUT2D eigenvalue weighted by Gasteiger charge is 2.37. The highest BCUT2D eigenvalue weighted by molar-refractivity contribution is 7.89. The summed E-state index contributed by atoms with van der Waals surface area (Å²) in [4.78, 5) is -0.0152. The number of hydrogen-bond acceptors (Lipinski definition) is 5. The lowest BCUT2D eigenvalue weighted by atomic mass is 9.74. The smallest absolute Gasteiger partial charge is 0.246 e. The van der Waals surface area contributed by atoms with Gasteiger partial charge in [-0.2, -0.15) is 4.31 Å². The standard InChI is InChI=1S/C26H35NO5S/c1-4-27(33(29,30)24-11-6-5-10-22(24)28)16-8-7-9-18-12-13-19-17-23(31-2)26(32-3)21-15-14-20(18)25(19)21/h5-6,10-11,17-18,20,28H,4,7-9,12-16H2,1-3H3. The zero-order valence-electron chi connectivity index (χ0n) is 19.8. The van der Waals surface area contributed by atoms with Crippen LogP contribution in [0.4, 0.5) is 0 Å². The Morgan fingerprint density at radius 1 is 1.09 bits per heavy atom. The quantitative estimate of drug-likeness (QED) is 0.498. The van der Waals surface area contributed by atoms with Crippen molar-refractivity contribution in [2.45, 2.75) is 62.7 Å². The van der Waals surface area contributed by atoms with Gasteiger partial charge in [0.25, 0.3) is 0 Å². The van der Waals surface area contributed by atoms with Gasteiger partial charge in [-0.05, 0) is 79.7 Å². The van der Waals surface area contributed by atoms with E-state index in [0.717, 1.165) is 50.0 Å². The number of hydrogen-bond donors (Lipinski definition) is 1. The molecule has 0 aliphatic heterocycles. The second-order valence-electron chi connectivity index (χ2n) is 9.07. The van der Waals surface area contributed by atoms with Crippen molar-refractivity contribution in [3.05, 3.63) is 47.0 Å². The van der Waals surface area contributed by atoms with Gasteiger partial charge in [0.15, 0.2) is 11.5 Å². The van der Waals surface area contributed by atoms with Gasteiger partial charge in [-0.1, -0.05) is 25.5 Å². The van der Waals surface area contributed by atoms with E-state index in [1.165, 1.54) is 39.5 Å². The average Bonchev–Trinajstić information content (AvgIpc) is 3.26. The van der Waals surface area contributed by atoms with Gasteiger partial charge in [0, 0.05) is 18.7 Å². The largest absolute Gasteiger partial charge is 0.507 e. The molecule has 2 aromatic rings. The fraction of sp³-hybridized carbons (Fsp3) is 0.538. The number of sulfonamides is 1. The summed E-state index contributed by atoms with van der Waals surface area (Å²) in [7, 11) is -0.269. The van der Waals surface area contributed by atoms with Gasteiger partial charge in [0.1, 0.15) is 10.6 Å². The summed E-state index contributed by atoms with van der Waals surface area (Å²) >= 11 is 0. The van der Waals surface area contributed by atoms with Gasteiger partial charge in [0.2, 0.25) is 10.0 Å². The average molecular weight is 474 g/mol. The Bertz CT molecular complexity index is 1100. The van der Waals surface area contributed by atoms with E-state index in [4.69, 9.17) is 9.47 Å². The van der Waals surface area contributed by atoms with E-state index in [0.29, 0.717) is 24.9 Å². The van der Waals surface area contributed by atoms with Gasteiger partial charge >= 0.3 is 0 Å². The third-order valence-electron chi connectivity index (χ3n) is 7.40. The fourth-order valence-corrected chi connectivity index (χ4v) is 7.39. The first-order chi connectivity index (χ1) is 15.9. The summed E-state index contributed by atoms with van der Waals surface area (Å²) in [5.74, 6) is 2.74. The van der Waals surface area contributed by atoms with Crippen LogP contribution in [0.5, 0.6) is 17.2 Å². The maximum Gasteiger partial charge on any atom is 0.246 e. The first-order valence-electron chi connectivity index (χ1n) is 12.0. The van der Waals surface area contributed by atoms with E-state index in [-0.39, 0.29) is 10.6 Å². The summed E-state index contributed by atoms with van der Waals surface area (Å²) in [6, 6.07) is 8.32. The molecule has 2 aromatic carbocycles. The number of phenols is 1. The van der Waals surface area contributed by atoms with Crippen LogP contribution in [-0.2, 0) is 22.9 Å². The lowest BCUT2D eigenvalue weighted by Gasteiger charge is -2.32. The Hall–Kier alpha value is -2.25. The molecule has 0 saturated carbocycles. The van der Waals surface area contributed by atoms with Gasteiger partial charge in [-0.3, -0.25) is 0 Å². The first-order valence-corrected chi connectivity index (χ1v) is 13.4. The van der Waals surface area contributed by atoms with E-state index >= 15 is 0 Å². The Labute approximate surface area is 197 Å². The Morgan fingerprint density at radius 3 is 2.58 bits per heavy atom. The van der Waals surface area contributed by atoms with Crippen molar-refractivity contribution < 1.29 is 23.0 Å². The third-order valence-corrected chi connectivity index (χ3v) is 9.42. The van der Waals surface area contributed by atoms with Crippen LogP contribution in [0, 0.1) is 5.92 Å². The highest BCUT2D eigenvalue weighted by Crippen LogP contribution is 2.52. The maximum absolute atomic E-state index is 13.0. The number of methoxy groups -OCH3 is 2. The Balaban J connectivity index is 1.39. The van der Waals surface area contributed by atoms with E-state index in [2.05, 4.69) is 6.07 Å². The number of nitrogens with zero attached hydrogens (tertiary/aromatic N) is 1. The van der Waals surface area contributed by atoms with Crippen molar-refractivity contribution in [1.29, 1.82) is 0 Å². The minimum absolute atomic E-state index is 0.0152. The molecule has 2 aliphatic carbocycles. The zero-order chi connectivity index (χ0) is 23.6. The lowest BCUT2D eigenvalue weighted by molar-refractivity contribution is 0.326. The predicted molar refractivity (Wildman–Crippen MR) is 129 cm³/mol. The number of aryl methyl sites for hydroxylation is 1. The molecule has 2 atom stereocenters. The summed E-state index contributed by atoms with van der Waals surface area (Å²) in [5.41, 5.74) is 4.22. The second kappa shape index (κ2) is 9.94. The molecule has 2 unspecified atom stereocenters. The van der Waals surface area contributed by atoms with E-state index in [9.17, 15) is 13.5 Å². The van der Waals surface area contributed by atoms with Gasteiger partial charge in [-0.25, -0.2) is 8.42 Å². The van der Waals surface area contributed by atoms with E-state index < -0.39 is 10.0 Å². The van der Waals surface area contributed by atoms with Gasteiger partial charge in [-0.15, -0.1) is 0 Å². The number of rotatable bonds is 10. The van der Waals surface area contributed by atoms with Crippen molar-refractivity contribution in [2.75, 3.05) is 27.3 Å². The number of ether oxygens (including phenoxy) is 2. The SMILES string of the molecule is CCN(CCCCC1CCc2cc(OC)c(OC)c3c2C1CC3)S(=O)(=O)c1ccccc1O. The number of para-hydroxylation sites is 1. The molecular weight excluding hydrogens is 438 g/mol. The molecule has 7 heteroatoms. The Kier molecular flexibility index (Phi) is 7.19. The summed E-state index contributed by atoms with van der Waals surface area (Å²) in [5, 5.41) is 10.0. The molecule has 0 amide bonds. The maximum atomic E-state index is 13.0. The summed E-state index contributed by atoms with van der Waals surface area (Å²) < 4.78 is 38.7. The Morgan fingerprint density at radius 2 is 1.88 bits per heavy atom. The molecule has 0 fully saturated rings. The van der Waals surface area contributed by atoms with Crippen LogP contribution in [0.15, 0.2) is 35.2 Å². The lowest BCUT2D eigenvalue weighted by Crippen LogP contribution is -2.32. The van der Waals surface area contributed by atoms with Gasteiger partial charge in [0.05, 0.1) is 14.2 Å². The molecule has 4 rings (SSSR count). The van der Waals surface area contributed by atoms with Crippen LogP contribution >= 0.6 is 0 Å². The number of aromatic hydroxyl groups is 1. The molecule has 2 aliphatic rings. The van der Waals surface area contributed by atoms with Crippen molar-refractivity contribution >= 4 is 10.0 Å². The van der Waals surface area contributed by atoms with Crippen molar-refractivity contribution in [1.82, 2.24) is 4.31 Å². The summed E-state index contributed by atoms with van der Waals surface area (Å²) in [6.45, 7) is 2.70. The predicted octanol–water partition coefficient (Wildman–Crippen LogP) is 4.88. The molecular formula is C26H35NO5S. The fourth-order valence-electron chi connectivity index (χ4n) is 5.82. The minimum atomic E-state index is -3.69. The number of unbranched alkanes of at least 4 members (excludes halogenated alkanes) is 1. The first kappa shape index (κ1) is 23.9. The number of benzene rings is 2. The molecule has 0 saturated heterocycles. The molecule has 1 N–H and O–H groups in total. The molecule has 0 heterocycles. The molecule has 6 nitrogen and oxygen atoms in total. The van der Waals surface area contributed by atoms with Crippen LogP contribution in [0.2, 0.25) is 0 Å². The second-order valence-corrected chi connectivity index (χ2v) is 11.0. The molecule has 180 valence electrons. The highest BCUT2D eigenvalue weighted by atomic mass is 32.2. The zero-order valence-corrected chi connectivity index (χ0v) is 20.7. The molecule has 0 radical (unpaired) electrons. The van der Waals surface area contributed by atoms with Crippen molar-refractivity contribution in [3.8, 4) is 17.2 Å². The van der Waals surface area contributed by atoms with Crippen LogP contribution < -0.4 is 9.47 Å². The molecule has 0 spiro atoms.